The largest absolute Gasteiger partial charge is 0.322 e. The van der Waals surface area contributed by atoms with Gasteiger partial charge in [0.15, 0.2) is 0 Å². The molecule has 0 spiro atoms. The first-order valence-corrected chi connectivity index (χ1v) is 6.28. The van der Waals surface area contributed by atoms with E-state index in [2.05, 4.69) is 17.9 Å². The number of carbonyl (C=O) groups excluding carboxylic acids is 1. The third kappa shape index (κ3) is 3.35. The molecule has 0 unspecified atom stereocenters. The van der Waals surface area contributed by atoms with E-state index in [9.17, 15) is 9.18 Å². The first-order valence-electron chi connectivity index (χ1n) is 5.84. The number of hydrogen-bond acceptors (Lipinski definition) is 2. The zero-order valence-electron chi connectivity index (χ0n) is 10.7. The van der Waals surface area contributed by atoms with E-state index in [1.165, 1.54) is 18.2 Å². The van der Waals surface area contributed by atoms with Crippen molar-refractivity contribution in [2.24, 2.45) is 0 Å². The van der Waals surface area contributed by atoms with Gasteiger partial charge in [0.25, 0.3) is 5.91 Å². The Hall–Kier alpha value is -1.81. The number of benzene rings is 2. The van der Waals surface area contributed by atoms with Gasteiger partial charge < -0.3 is 5.32 Å². The SMILES string of the molecule is Cc1cc(C)cc(NC(=O)c2ccc(F)c(S)c2)c1. The zero-order chi connectivity index (χ0) is 14.0. The van der Waals surface area contributed by atoms with Crippen LogP contribution >= 0.6 is 12.6 Å². The van der Waals surface area contributed by atoms with Crippen molar-refractivity contribution < 1.29 is 9.18 Å². The van der Waals surface area contributed by atoms with Gasteiger partial charge in [0.1, 0.15) is 5.82 Å². The van der Waals surface area contributed by atoms with E-state index >= 15 is 0 Å². The molecule has 2 rings (SSSR count). The number of halogens is 1. The van der Waals surface area contributed by atoms with E-state index in [0.717, 1.165) is 16.8 Å². The number of thiol groups is 1. The van der Waals surface area contributed by atoms with Crippen LogP contribution in [0.1, 0.15) is 21.5 Å². The summed E-state index contributed by atoms with van der Waals surface area (Å²) in [4.78, 5) is 12.2. The molecule has 0 bridgehead atoms. The molecule has 2 aromatic rings. The van der Waals surface area contributed by atoms with Crippen LogP contribution < -0.4 is 5.32 Å². The Morgan fingerprint density at radius 1 is 1.11 bits per heavy atom. The Morgan fingerprint density at radius 2 is 1.74 bits per heavy atom. The zero-order valence-corrected chi connectivity index (χ0v) is 11.6. The van der Waals surface area contributed by atoms with Crippen LogP contribution in [0.5, 0.6) is 0 Å². The first kappa shape index (κ1) is 13.6. The molecule has 2 aromatic carbocycles. The third-order valence-corrected chi connectivity index (χ3v) is 3.03. The number of aryl methyl sites for hydroxylation is 2. The minimum Gasteiger partial charge on any atom is -0.322 e. The van der Waals surface area contributed by atoms with Crippen LogP contribution in [0.2, 0.25) is 0 Å². The average Bonchev–Trinajstić information content (AvgIpc) is 2.31. The van der Waals surface area contributed by atoms with Crippen molar-refractivity contribution in [1.29, 1.82) is 0 Å². The van der Waals surface area contributed by atoms with Crippen molar-refractivity contribution in [3.63, 3.8) is 0 Å². The molecule has 0 saturated heterocycles. The maximum atomic E-state index is 13.1. The smallest absolute Gasteiger partial charge is 0.255 e. The second-order valence-electron chi connectivity index (χ2n) is 4.50. The van der Waals surface area contributed by atoms with Gasteiger partial charge in [-0.2, -0.15) is 0 Å². The number of amides is 1. The second kappa shape index (κ2) is 5.45. The Morgan fingerprint density at radius 3 is 2.32 bits per heavy atom. The van der Waals surface area contributed by atoms with Gasteiger partial charge >= 0.3 is 0 Å². The average molecular weight is 275 g/mol. The molecule has 0 fully saturated rings. The highest BCUT2D eigenvalue weighted by Crippen LogP contribution is 2.17. The topological polar surface area (TPSA) is 29.1 Å². The maximum Gasteiger partial charge on any atom is 0.255 e. The molecule has 2 nitrogen and oxygen atoms in total. The lowest BCUT2D eigenvalue weighted by molar-refractivity contribution is 0.102. The van der Waals surface area contributed by atoms with Crippen LogP contribution in [0, 0.1) is 19.7 Å². The first-order chi connectivity index (χ1) is 8.95. The van der Waals surface area contributed by atoms with Crippen LogP contribution in [-0.2, 0) is 0 Å². The Balaban J connectivity index is 2.22. The molecular weight excluding hydrogens is 261 g/mol. The van der Waals surface area contributed by atoms with Gasteiger partial charge in [0.05, 0.1) is 0 Å². The van der Waals surface area contributed by atoms with Crippen molar-refractivity contribution in [2.75, 3.05) is 5.32 Å². The molecule has 4 heteroatoms. The number of anilines is 1. The van der Waals surface area contributed by atoms with Crippen LogP contribution in [0.25, 0.3) is 0 Å². The fourth-order valence-electron chi connectivity index (χ4n) is 1.90. The van der Waals surface area contributed by atoms with Gasteiger partial charge in [-0.15, -0.1) is 12.6 Å². The number of hydrogen-bond donors (Lipinski definition) is 2. The molecule has 0 aromatic heterocycles. The molecule has 98 valence electrons. The molecule has 0 heterocycles. The summed E-state index contributed by atoms with van der Waals surface area (Å²) in [6.45, 7) is 3.93. The second-order valence-corrected chi connectivity index (χ2v) is 4.98. The molecule has 0 saturated carbocycles. The van der Waals surface area contributed by atoms with Crippen molar-refractivity contribution in [3.05, 3.63) is 58.9 Å². The summed E-state index contributed by atoms with van der Waals surface area (Å²) >= 11 is 3.97. The van der Waals surface area contributed by atoms with E-state index in [4.69, 9.17) is 0 Å². The van der Waals surface area contributed by atoms with Crippen LogP contribution in [-0.4, -0.2) is 5.91 Å². The Bertz CT molecular complexity index is 620. The standard InChI is InChI=1S/C15H14FNOS/c1-9-5-10(2)7-12(6-9)17-15(18)11-3-4-13(16)14(19)8-11/h3-8,19H,1-2H3,(H,17,18). The minimum absolute atomic E-state index is 0.160. The summed E-state index contributed by atoms with van der Waals surface area (Å²) in [5.74, 6) is -0.716. The van der Waals surface area contributed by atoms with Crippen molar-refractivity contribution in [2.45, 2.75) is 18.7 Å². The van der Waals surface area contributed by atoms with Gasteiger partial charge in [0, 0.05) is 16.1 Å². The third-order valence-electron chi connectivity index (χ3n) is 2.69. The van der Waals surface area contributed by atoms with Crippen LogP contribution in [0.4, 0.5) is 10.1 Å². The summed E-state index contributed by atoms with van der Waals surface area (Å²) in [6.07, 6.45) is 0. The fourth-order valence-corrected chi connectivity index (χ4v) is 2.12. The molecule has 19 heavy (non-hydrogen) atoms. The number of nitrogens with one attached hydrogen (secondary N) is 1. The summed E-state index contributed by atoms with van der Waals surface area (Å²) in [5, 5.41) is 2.79. The predicted octanol–water partition coefficient (Wildman–Crippen LogP) is 3.98. The van der Waals surface area contributed by atoms with Gasteiger partial charge in [-0.3, -0.25) is 4.79 Å². The normalized spacial score (nSPS) is 10.3. The van der Waals surface area contributed by atoms with Crippen molar-refractivity contribution in [1.82, 2.24) is 0 Å². The predicted molar refractivity (Wildman–Crippen MR) is 77.5 cm³/mol. The van der Waals surface area contributed by atoms with E-state index in [1.54, 1.807) is 0 Å². The molecule has 0 aliphatic carbocycles. The number of rotatable bonds is 2. The minimum atomic E-state index is -0.439. The monoisotopic (exact) mass is 275 g/mol. The Kier molecular flexibility index (Phi) is 3.90. The maximum absolute atomic E-state index is 13.1. The van der Waals surface area contributed by atoms with Gasteiger partial charge in [-0.25, -0.2) is 4.39 Å². The lowest BCUT2D eigenvalue weighted by Gasteiger charge is -2.08. The van der Waals surface area contributed by atoms with Gasteiger partial charge in [-0.05, 0) is 55.3 Å². The lowest BCUT2D eigenvalue weighted by Crippen LogP contribution is -2.12. The highest BCUT2D eigenvalue weighted by Gasteiger charge is 2.09. The molecule has 1 N–H and O–H groups in total. The lowest BCUT2D eigenvalue weighted by atomic mass is 10.1. The summed E-state index contributed by atoms with van der Waals surface area (Å²) in [6, 6.07) is 9.88. The summed E-state index contributed by atoms with van der Waals surface area (Å²) in [7, 11) is 0. The Labute approximate surface area is 117 Å². The van der Waals surface area contributed by atoms with Crippen molar-refractivity contribution >= 4 is 24.2 Å². The molecule has 0 atom stereocenters. The van der Waals surface area contributed by atoms with E-state index in [0.29, 0.717) is 5.56 Å². The molecule has 0 aliphatic heterocycles. The highest BCUT2D eigenvalue weighted by molar-refractivity contribution is 7.80. The molecular formula is C15H14FNOS. The van der Waals surface area contributed by atoms with Crippen LogP contribution in [0.15, 0.2) is 41.3 Å². The fraction of sp³-hybridized carbons (Fsp3) is 0.133. The van der Waals surface area contributed by atoms with Gasteiger partial charge in [-0.1, -0.05) is 6.07 Å². The van der Waals surface area contributed by atoms with Crippen LogP contribution in [0.3, 0.4) is 0 Å². The highest BCUT2D eigenvalue weighted by atomic mass is 32.1. The van der Waals surface area contributed by atoms with E-state index < -0.39 is 5.82 Å². The molecule has 0 radical (unpaired) electrons. The van der Waals surface area contributed by atoms with E-state index in [1.807, 2.05) is 32.0 Å². The summed E-state index contributed by atoms with van der Waals surface area (Å²) in [5.41, 5.74) is 3.26. The molecule has 0 aliphatic rings. The molecule has 1 amide bonds. The number of carbonyl (C=O) groups is 1. The quantitative estimate of drug-likeness (QED) is 0.797. The van der Waals surface area contributed by atoms with Crippen molar-refractivity contribution in [3.8, 4) is 0 Å². The van der Waals surface area contributed by atoms with E-state index in [-0.39, 0.29) is 10.8 Å². The summed E-state index contributed by atoms with van der Waals surface area (Å²) < 4.78 is 13.1. The van der Waals surface area contributed by atoms with Gasteiger partial charge in [0.2, 0.25) is 0 Å².